The number of benzene rings is 1. The number of hydrogen-bond donors (Lipinski definition) is 0. The van der Waals surface area contributed by atoms with Gasteiger partial charge >= 0.3 is 6.09 Å². The summed E-state index contributed by atoms with van der Waals surface area (Å²) in [7, 11) is 1.73. The van der Waals surface area contributed by atoms with Gasteiger partial charge in [0.15, 0.2) is 0 Å². The number of hydrogen-bond acceptors (Lipinski definition) is 3. The monoisotopic (exact) mass is 374 g/mol. The van der Waals surface area contributed by atoms with Crippen LogP contribution in [0.2, 0.25) is 0 Å². The Bertz CT molecular complexity index is 744. The van der Waals surface area contributed by atoms with E-state index in [1.165, 1.54) is 16.5 Å². The number of carbonyl (C=O) groups excluding carboxylic acids is 1. The minimum absolute atomic E-state index is 0.0925. The zero-order valence-electron chi connectivity index (χ0n) is 17.6. The van der Waals surface area contributed by atoms with Crippen LogP contribution in [0.4, 0.5) is 4.79 Å². The third-order valence-electron chi connectivity index (χ3n) is 4.49. The third kappa shape index (κ3) is 5.99. The van der Waals surface area contributed by atoms with Crippen molar-refractivity contribution < 1.29 is 14.3 Å². The lowest BCUT2D eigenvalue weighted by molar-refractivity contribution is 0.0194. The van der Waals surface area contributed by atoms with Gasteiger partial charge in [-0.15, -0.1) is 0 Å². The van der Waals surface area contributed by atoms with E-state index in [1.807, 2.05) is 39.5 Å². The van der Waals surface area contributed by atoms with Crippen LogP contribution in [0.15, 0.2) is 30.5 Å². The van der Waals surface area contributed by atoms with Gasteiger partial charge < -0.3 is 18.9 Å². The molecule has 0 aliphatic heterocycles. The first kappa shape index (κ1) is 21.3. The molecule has 0 aliphatic rings. The molecule has 2 rings (SSSR count). The predicted octanol–water partition coefficient (Wildman–Crippen LogP) is 4.87. The molecular weight excluding hydrogens is 340 g/mol. The number of para-hydroxylation sites is 1. The lowest BCUT2D eigenvalue weighted by Gasteiger charge is -2.30. The predicted molar refractivity (Wildman–Crippen MR) is 110 cm³/mol. The molecule has 27 heavy (non-hydrogen) atoms. The molecule has 1 heterocycles. The van der Waals surface area contributed by atoms with Crippen molar-refractivity contribution in [2.24, 2.45) is 0 Å². The van der Waals surface area contributed by atoms with Crippen LogP contribution in [0.3, 0.4) is 0 Å². The zero-order chi connectivity index (χ0) is 20.0. The molecule has 0 aliphatic carbocycles. The average molecular weight is 375 g/mol. The number of aromatic nitrogens is 1. The third-order valence-corrected chi connectivity index (χ3v) is 4.49. The van der Waals surface area contributed by atoms with Crippen molar-refractivity contribution in [2.45, 2.75) is 65.6 Å². The number of fused-ring (bicyclic) bond motifs is 1. The van der Waals surface area contributed by atoms with Crippen molar-refractivity contribution in [2.75, 3.05) is 20.3 Å². The van der Waals surface area contributed by atoms with E-state index in [1.54, 1.807) is 7.11 Å². The fourth-order valence-electron chi connectivity index (χ4n) is 3.21. The normalized spacial score (nSPS) is 12.0. The summed E-state index contributed by atoms with van der Waals surface area (Å²) in [4.78, 5) is 14.4. The molecule has 0 saturated carbocycles. The highest BCUT2D eigenvalue weighted by Gasteiger charge is 2.24. The van der Waals surface area contributed by atoms with E-state index < -0.39 is 5.60 Å². The molecule has 1 aromatic carbocycles. The minimum atomic E-state index is -0.485. The summed E-state index contributed by atoms with van der Waals surface area (Å²) in [6.45, 7) is 12.1. The lowest BCUT2D eigenvalue weighted by atomic mass is 10.1. The molecule has 2 aromatic rings. The Balaban J connectivity index is 2.15. The molecule has 0 unspecified atom stereocenters. The van der Waals surface area contributed by atoms with Gasteiger partial charge in [0.2, 0.25) is 0 Å². The highest BCUT2D eigenvalue weighted by atomic mass is 16.6. The van der Waals surface area contributed by atoms with Crippen LogP contribution in [0.1, 0.15) is 46.6 Å². The Labute approximate surface area is 163 Å². The van der Waals surface area contributed by atoms with Gasteiger partial charge in [0.25, 0.3) is 0 Å². The Morgan fingerprint density at radius 3 is 2.56 bits per heavy atom. The van der Waals surface area contributed by atoms with Gasteiger partial charge in [0, 0.05) is 49.9 Å². The molecule has 0 radical (unpaired) electrons. The number of carbonyl (C=O) groups is 1. The van der Waals surface area contributed by atoms with Crippen LogP contribution in [0, 0.1) is 0 Å². The van der Waals surface area contributed by atoms with Crippen LogP contribution in [-0.2, 0) is 22.4 Å². The molecule has 1 amide bonds. The molecule has 0 saturated heterocycles. The van der Waals surface area contributed by atoms with Gasteiger partial charge in [-0.05, 0) is 59.1 Å². The SMILES string of the molecule is COCCCn1cc(CCN(C(=O)OC(C)(C)C)C(C)C)c2ccccc21. The van der Waals surface area contributed by atoms with E-state index in [4.69, 9.17) is 9.47 Å². The second-order valence-electron chi connectivity index (χ2n) is 8.23. The van der Waals surface area contributed by atoms with Crippen LogP contribution < -0.4 is 0 Å². The lowest BCUT2D eigenvalue weighted by Crippen LogP contribution is -2.42. The molecule has 0 N–H and O–H groups in total. The number of rotatable bonds is 8. The fourth-order valence-corrected chi connectivity index (χ4v) is 3.21. The maximum Gasteiger partial charge on any atom is 0.410 e. The summed E-state index contributed by atoms with van der Waals surface area (Å²) in [5.41, 5.74) is 2.01. The summed E-state index contributed by atoms with van der Waals surface area (Å²) < 4.78 is 13.0. The number of amides is 1. The molecule has 5 heteroatoms. The first-order valence-electron chi connectivity index (χ1n) is 9.78. The van der Waals surface area contributed by atoms with Crippen LogP contribution >= 0.6 is 0 Å². The highest BCUT2D eigenvalue weighted by Crippen LogP contribution is 2.23. The molecule has 150 valence electrons. The summed E-state index contributed by atoms with van der Waals surface area (Å²) >= 11 is 0. The maximum atomic E-state index is 12.5. The van der Waals surface area contributed by atoms with E-state index in [0.29, 0.717) is 6.54 Å². The van der Waals surface area contributed by atoms with Gasteiger partial charge in [-0.3, -0.25) is 0 Å². The average Bonchev–Trinajstić information content (AvgIpc) is 2.92. The number of aryl methyl sites for hydroxylation is 1. The Hall–Kier alpha value is -2.01. The molecular formula is C22H34N2O3. The second-order valence-corrected chi connectivity index (χ2v) is 8.23. The first-order valence-corrected chi connectivity index (χ1v) is 9.78. The van der Waals surface area contributed by atoms with Crippen LogP contribution in [-0.4, -0.2) is 47.5 Å². The van der Waals surface area contributed by atoms with Gasteiger partial charge in [-0.2, -0.15) is 0 Å². The van der Waals surface area contributed by atoms with Crippen molar-refractivity contribution in [1.82, 2.24) is 9.47 Å². The summed E-state index contributed by atoms with van der Waals surface area (Å²) in [6, 6.07) is 8.54. The van der Waals surface area contributed by atoms with Gasteiger partial charge in [0.05, 0.1) is 0 Å². The van der Waals surface area contributed by atoms with E-state index >= 15 is 0 Å². The summed E-state index contributed by atoms with van der Waals surface area (Å²) in [5, 5.41) is 1.25. The Morgan fingerprint density at radius 2 is 1.93 bits per heavy atom. The molecule has 0 fully saturated rings. The first-order chi connectivity index (χ1) is 12.7. The van der Waals surface area contributed by atoms with Crippen molar-refractivity contribution in [3.05, 3.63) is 36.0 Å². The van der Waals surface area contributed by atoms with E-state index in [2.05, 4.69) is 35.0 Å². The van der Waals surface area contributed by atoms with Crippen LogP contribution in [0.5, 0.6) is 0 Å². The zero-order valence-corrected chi connectivity index (χ0v) is 17.6. The molecule has 0 atom stereocenters. The fraction of sp³-hybridized carbons (Fsp3) is 0.591. The highest BCUT2D eigenvalue weighted by molar-refractivity contribution is 5.84. The smallest absolute Gasteiger partial charge is 0.410 e. The van der Waals surface area contributed by atoms with E-state index in [0.717, 1.165) is 26.0 Å². The van der Waals surface area contributed by atoms with Crippen molar-refractivity contribution in [3.63, 3.8) is 0 Å². The Kier molecular flexibility index (Phi) is 7.31. The number of nitrogens with zero attached hydrogens (tertiary/aromatic N) is 2. The van der Waals surface area contributed by atoms with Crippen molar-refractivity contribution >= 4 is 17.0 Å². The molecule has 5 nitrogen and oxygen atoms in total. The largest absolute Gasteiger partial charge is 0.444 e. The number of methoxy groups -OCH3 is 1. The van der Waals surface area contributed by atoms with E-state index in [-0.39, 0.29) is 12.1 Å². The topological polar surface area (TPSA) is 43.7 Å². The van der Waals surface area contributed by atoms with Gasteiger partial charge in [0.1, 0.15) is 5.60 Å². The second kappa shape index (κ2) is 9.27. The van der Waals surface area contributed by atoms with Crippen molar-refractivity contribution in [1.29, 1.82) is 0 Å². The quantitative estimate of drug-likeness (QED) is 0.620. The van der Waals surface area contributed by atoms with Gasteiger partial charge in [-0.1, -0.05) is 18.2 Å². The summed E-state index contributed by atoms with van der Waals surface area (Å²) in [6.07, 6.45) is 3.75. The minimum Gasteiger partial charge on any atom is -0.444 e. The number of ether oxygens (including phenoxy) is 2. The summed E-state index contributed by atoms with van der Waals surface area (Å²) in [5.74, 6) is 0. The Morgan fingerprint density at radius 1 is 1.22 bits per heavy atom. The molecule has 1 aromatic heterocycles. The standard InChI is InChI=1S/C22H34N2O3/c1-17(2)24(21(25)27-22(3,4)5)14-12-18-16-23(13-9-15-26-6)20-11-8-7-10-19(18)20/h7-8,10-11,16-17H,9,12-15H2,1-6H3. The van der Waals surface area contributed by atoms with E-state index in [9.17, 15) is 4.79 Å². The molecule has 0 bridgehead atoms. The van der Waals surface area contributed by atoms with Gasteiger partial charge in [-0.25, -0.2) is 4.79 Å². The maximum absolute atomic E-state index is 12.5. The van der Waals surface area contributed by atoms with Crippen LogP contribution in [0.25, 0.3) is 10.9 Å². The molecule has 0 spiro atoms. The van der Waals surface area contributed by atoms with Crippen molar-refractivity contribution in [3.8, 4) is 0 Å².